The SMILES string of the molecule is Nc1ccccc1Cn1c(N2CCC[C@@H](N)C2)c(Cl)c(=O)[nH]c1=O. The van der Waals surface area contributed by atoms with E-state index < -0.39 is 11.2 Å². The molecule has 2 aromatic rings. The van der Waals surface area contributed by atoms with Crippen molar-refractivity contribution in [2.75, 3.05) is 23.7 Å². The van der Waals surface area contributed by atoms with E-state index >= 15 is 0 Å². The van der Waals surface area contributed by atoms with Crippen molar-refractivity contribution < 1.29 is 0 Å². The first kappa shape index (κ1) is 16.6. The van der Waals surface area contributed by atoms with Crippen molar-refractivity contribution in [3.63, 3.8) is 0 Å². The van der Waals surface area contributed by atoms with E-state index in [0.29, 0.717) is 24.6 Å². The Hall–Kier alpha value is -2.25. The number of nitrogens with zero attached hydrogens (tertiary/aromatic N) is 2. The van der Waals surface area contributed by atoms with E-state index in [2.05, 4.69) is 4.98 Å². The highest BCUT2D eigenvalue weighted by atomic mass is 35.5. The van der Waals surface area contributed by atoms with Crippen LogP contribution in [-0.4, -0.2) is 28.7 Å². The van der Waals surface area contributed by atoms with Crippen molar-refractivity contribution in [1.29, 1.82) is 0 Å². The Morgan fingerprint density at radius 3 is 2.75 bits per heavy atom. The highest BCUT2D eigenvalue weighted by molar-refractivity contribution is 6.32. The number of aromatic nitrogens is 2. The van der Waals surface area contributed by atoms with Crippen LogP contribution in [-0.2, 0) is 6.54 Å². The van der Waals surface area contributed by atoms with Gasteiger partial charge in [-0.1, -0.05) is 29.8 Å². The number of nitrogens with one attached hydrogen (secondary N) is 1. The predicted octanol–water partition coefficient (Wildman–Crippen LogP) is 0.748. The van der Waals surface area contributed by atoms with Crippen LogP contribution in [0, 0.1) is 0 Å². The number of H-pyrrole nitrogens is 1. The monoisotopic (exact) mass is 349 g/mol. The molecule has 1 atom stereocenters. The lowest BCUT2D eigenvalue weighted by molar-refractivity contribution is 0.494. The Kier molecular flexibility index (Phi) is 4.64. The zero-order valence-corrected chi connectivity index (χ0v) is 13.9. The number of nitrogens with two attached hydrogens (primary N) is 2. The minimum Gasteiger partial charge on any atom is -0.398 e. The van der Waals surface area contributed by atoms with Gasteiger partial charge in [0.2, 0.25) is 0 Å². The molecule has 7 nitrogen and oxygen atoms in total. The summed E-state index contributed by atoms with van der Waals surface area (Å²) in [5.41, 5.74) is 12.3. The molecule has 0 radical (unpaired) electrons. The molecule has 1 fully saturated rings. The summed E-state index contributed by atoms with van der Waals surface area (Å²) in [5, 5.41) is -0.00166. The number of nitrogen functional groups attached to an aromatic ring is 1. The topological polar surface area (TPSA) is 110 Å². The van der Waals surface area contributed by atoms with Crippen LogP contribution in [0.25, 0.3) is 0 Å². The third-order valence-electron chi connectivity index (χ3n) is 4.26. The largest absolute Gasteiger partial charge is 0.398 e. The van der Waals surface area contributed by atoms with Crippen LogP contribution < -0.4 is 27.6 Å². The second kappa shape index (κ2) is 6.70. The minimum atomic E-state index is -0.590. The molecular formula is C16H20ClN5O2. The van der Waals surface area contributed by atoms with Crippen molar-refractivity contribution in [2.24, 2.45) is 5.73 Å². The molecule has 0 unspecified atom stereocenters. The van der Waals surface area contributed by atoms with E-state index in [4.69, 9.17) is 23.1 Å². The van der Waals surface area contributed by atoms with Crippen molar-refractivity contribution in [3.8, 4) is 0 Å². The lowest BCUT2D eigenvalue weighted by Gasteiger charge is -2.34. The molecule has 0 saturated carbocycles. The van der Waals surface area contributed by atoms with E-state index in [1.807, 2.05) is 23.1 Å². The lowest BCUT2D eigenvalue weighted by atomic mass is 10.1. The van der Waals surface area contributed by atoms with E-state index in [1.165, 1.54) is 4.57 Å². The number of hydrogen-bond acceptors (Lipinski definition) is 5. The average molecular weight is 350 g/mol. The number of benzene rings is 1. The predicted molar refractivity (Wildman–Crippen MR) is 95.7 cm³/mol. The molecule has 0 bridgehead atoms. The Balaban J connectivity index is 2.11. The smallest absolute Gasteiger partial charge is 0.330 e. The summed E-state index contributed by atoms with van der Waals surface area (Å²) in [6.45, 7) is 1.47. The maximum atomic E-state index is 12.4. The van der Waals surface area contributed by atoms with Gasteiger partial charge < -0.3 is 16.4 Å². The fourth-order valence-corrected chi connectivity index (χ4v) is 3.31. The minimum absolute atomic E-state index is 0.00166. The summed E-state index contributed by atoms with van der Waals surface area (Å²) in [6.07, 6.45) is 1.79. The van der Waals surface area contributed by atoms with E-state index in [-0.39, 0.29) is 17.6 Å². The van der Waals surface area contributed by atoms with Gasteiger partial charge in [0.15, 0.2) is 0 Å². The third kappa shape index (κ3) is 3.18. The van der Waals surface area contributed by atoms with Crippen LogP contribution in [0.2, 0.25) is 5.02 Å². The molecule has 5 N–H and O–H groups in total. The molecule has 0 aliphatic carbocycles. The lowest BCUT2D eigenvalue weighted by Crippen LogP contribution is -2.46. The van der Waals surface area contributed by atoms with Gasteiger partial charge in [-0.3, -0.25) is 14.3 Å². The Bertz CT molecular complexity index is 860. The molecule has 1 saturated heterocycles. The van der Waals surface area contributed by atoms with Crippen LogP contribution in [0.1, 0.15) is 18.4 Å². The first-order valence-electron chi connectivity index (χ1n) is 7.84. The maximum Gasteiger partial charge on any atom is 0.330 e. The second-order valence-electron chi connectivity index (χ2n) is 6.03. The van der Waals surface area contributed by atoms with Gasteiger partial charge in [0.1, 0.15) is 10.8 Å². The van der Waals surface area contributed by atoms with Gasteiger partial charge in [-0.15, -0.1) is 0 Å². The first-order valence-corrected chi connectivity index (χ1v) is 8.21. The van der Waals surface area contributed by atoms with Crippen LogP contribution in [0.3, 0.4) is 0 Å². The number of halogens is 1. The van der Waals surface area contributed by atoms with Crippen LogP contribution in [0.15, 0.2) is 33.9 Å². The highest BCUT2D eigenvalue weighted by Crippen LogP contribution is 2.25. The van der Waals surface area contributed by atoms with Gasteiger partial charge >= 0.3 is 5.69 Å². The molecule has 8 heteroatoms. The summed E-state index contributed by atoms with van der Waals surface area (Å²) in [5.74, 6) is 0.406. The Morgan fingerprint density at radius 1 is 1.29 bits per heavy atom. The number of aromatic amines is 1. The quantitative estimate of drug-likeness (QED) is 0.708. The van der Waals surface area contributed by atoms with Gasteiger partial charge in [-0.25, -0.2) is 4.79 Å². The summed E-state index contributed by atoms with van der Waals surface area (Å²) >= 11 is 6.24. The number of para-hydroxylation sites is 1. The van der Waals surface area contributed by atoms with Crippen molar-refractivity contribution >= 4 is 23.1 Å². The molecular weight excluding hydrogens is 330 g/mol. The summed E-state index contributed by atoms with van der Waals surface area (Å²) < 4.78 is 1.45. The molecule has 1 aliphatic heterocycles. The molecule has 3 rings (SSSR count). The van der Waals surface area contributed by atoms with E-state index in [1.54, 1.807) is 6.07 Å². The average Bonchev–Trinajstić information content (AvgIpc) is 2.54. The Morgan fingerprint density at radius 2 is 2.04 bits per heavy atom. The van der Waals surface area contributed by atoms with Crippen LogP contribution in [0.4, 0.5) is 11.5 Å². The van der Waals surface area contributed by atoms with Crippen LogP contribution in [0.5, 0.6) is 0 Å². The van der Waals surface area contributed by atoms with Gasteiger partial charge in [0.05, 0.1) is 6.54 Å². The molecule has 1 aromatic heterocycles. The van der Waals surface area contributed by atoms with Crippen molar-refractivity contribution in [2.45, 2.75) is 25.4 Å². The zero-order valence-electron chi connectivity index (χ0n) is 13.2. The molecule has 2 heterocycles. The standard InChI is InChI=1S/C16H20ClN5O2/c17-13-14(23)20-16(24)22(8-10-4-1-2-6-12(10)19)15(13)21-7-3-5-11(18)9-21/h1-2,4,6,11H,3,5,7-9,18-19H2,(H,20,23,24)/t11-/m1/s1. The van der Waals surface area contributed by atoms with Crippen molar-refractivity contribution in [1.82, 2.24) is 9.55 Å². The number of piperidine rings is 1. The molecule has 0 amide bonds. The second-order valence-corrected chi connectivity index (χ2v) is 6.41. The van der Waals surface area contributed by atoms with Gasteiger partial charge in [-0.05, 0) is 24.5 Å². The normalized spacial score (nSPS) is 17.9. The number of anilines is 2. The summed E-state index contributed by atoms with van der Waals surface area (Å²) in [4.78, 5) is 28.5. The highest BCUT2D eigenvalue weighted by Gasteiger charge is 2.24. The fraction of sp³-hybridized carbons (Fsp3) is 0.375. The molecule has 128 valence electrons. The zero-order chi connectivity index (χ0) is 17.3. The van der Waals surface area contributed by atoms with Gasteiger partial charge in [0.25, 0.3) is 5.56 Å². The van der Waals surface area contributed by atoms with E-state index in [9.17, 15) is 9.59 Å². The maximum absolute atomic E-state index is 12.4. The van der Waals surface area contributed by atoms with Crippen molar-refractivity contribution in [3.05, 3.63) is 55.7 Å². The van der Waals surface area contributed by atoms with Crippen LogP contribution >= 0.6 is 11.6 Å². The van der Waals surface area contributed by atoms with Gasteiger partial charge in [0, 0.05) is 24.8 Å². The number of rotatable bonds is 3. The van der Waals surface area contributed by atoms with Gasteiger partial charge in [-0.2, -0.15) is 0 Å². The fourth-order valence-electron chi connectivity index (χ4n) is 3.04. The molecule has 0 spiro atoms. The number of hydrogen-bond donors (Lipinski definition) is 3. The third-order valence-corrected chi connectivity index (χ3v) is 4.60. The first-order chi connectivity index (χ1) is 11.5. The molecule has 1 aliphatic rings. The molecule has 24 heavy (non-hydrogen) atoms. The summed E-state index contributed by atoms with van der Waals surface area (Å²) in [7, 11) is 0. The Labute approximate surface area is 143 Å². The van der Waals surface area contributed by atoms with E-state index in [0.717, 1.165) is 18.4 Å². The summed E-state index contributed by atoms with van der Waals surface area (Å²) in [6, 6.07) is 7.27. The molecule has 1 aromatic carbocycles.